The maximum absolute atomic E-state index is 12.4. The van der Waals surface area contributed by atoms with Crippen LogP contribution in [0.25, 0.3) is 0 Å². The van der Waals surface area contributed by atoms with Crippen molar-refractivity contribution in [2.24, 2.45) is 22.7 Å². The molecule has 0 aromatic heterocycles. The standard InChI is InChI=1S/C58H88N2O6/c1-45(21-23-53-49(5)19-13-29-57(53,7)8)15-11-17-47(3)41-55(61)65-35-27-51-25-31-59(43-51)33-37-63-39-40-64-38-34-60-32-26-52(44-60)28-36-66-56(62)42-48(4)18-12-16-46(2)22-24-54-50(6)20-14-30-58(54,9)10/h11-12,15-18,21-24,41-42,51-52H,13-14,19-20,25-40,43-44H2,1-10H3/b17-11+,18-12+,23-21+,24-22+,45-15+,46-16+,47-41+,48-42+. The average molecular weight is 909 g/mol. The lowest BCUT2D eigenvalue weighted by Gasteiger charge is -2.33. The molecule has 66 heavy (non-hydrogen) atoms. The van der Waals surface area contributed by atoms with Crippen LogP contribution in [0.15, 0.2) is 117 Å². The zero-order valence-corrected chi connectivity index (χ0v) is 43.0. The lowest BCUT2D eigenvalue weighted by molar-refractivity contribution is -0.139. The summed E-state index contributed by atoms with van der Waals surface area (Å²) < 4.78 is 22.9. The van der Waals surface area contributed by atoms with Crippen molar-refractivity contribution in [1.29, 1.82) is 0 Å². The lowest BCUT2D eigenvalue weighted by atomic mass is 9.72. The molecule has 4 rings (SSSR count). The second-order valence-corrected chi connectivity index (χ2v) is 20.9. The molecule has 0 bridgehead atoms. The van der Waals surface area contributed by atoms with Crippen LogP contribution in [0.2, 0.25) is 0 Å². The number of esters is 2. The van der Waals surface area contributed by atoms with Gasteiger partial charge in [0.2, 0.25) is 0 Å². The van der Waals surface area contributed by atoms with E-state index in [4.69, 9.17) is 18.9 Å². The third-order valence-corrected chi connectivity index (χ3v) is 14.0. The summed E-state index contributed by atoms with van der Waals surface area (Å²) in [7, 11) is 0. The molecule has 2 unspecified atom stereocenters. The molecule has 0 saturated carbocycles. The van der Waals surface area contributed by atoms with Crippen molar-refractivity contribution in [3.8, 4) is 0 Å². The number of rotatable bonds is 25. The highest BCUT2D eigenvalue weighted by molar-refractivity contribution is 5.83. The van der Waals surface area contributed by atoms with Crippen LogP contribution < -0.4 is 0 Å². The fraction of sp³-hybridized carbons (Fsp3) is 0.621. The first-order valence-electron chi connectivity index (χ1n) is 25.3. The smallest absolute Gasteiger partial charge is 0.331 e. The van der Waals surface area contributed by atoms with Gasteiger partial charge in [0.15, 0.2) is 0 Å². The van der Waals surface area contributed by atoms with E-state index in [1.54, 1.807) is 12.2 Å². The predicted octanol–water partition coefficient (Wildman–Crippen LogP) is 12.6. The number of allylic oxidation sites excluding steroid dienone is 18. The van der Waals surface area contributed by atoms with Gasteiger partial charge in [-0.3, -0.25) is 0 Å². The van der Waals surface area contributed by atoms with Gasteiger partial charge in [0, 0.05) is 38.3 Å². The van der Waals surface area contributed by atoms with E-state index in [1.807, 2.05) is 38.2 Å². The predicted molar refractivity (Wildman–Crippen MR) is 274 cm³/mol. The minimum Gasteiger partial charge on any atom is -0.463 e. The number of likely N-dealkylation sites (tertiary alicyclic amines) is 2. The SMILES string of the molecule is CC1=C(/C=C/C(C)=C/C=C/C(C)=C/C(=O)OCCC2CCN(CCOCCOCCN3CCC(CCOC(=O)/C=C(C)/C=C/C=C(C)/C=C/C4=C(C)CCCC4(C)C)C3)C2)C(C)(C)CCC1. The van der Waals surface area contributed by atoms with Gasteiger partial charge in [-0.05, 0) is 164 Å². The molecule has 8 nitrogen and oxygen atoms in total. The zero-order valence-electron chi connectivity index (χ0n) is 43.0. The van der Waals surface area contributed by atoms with Gasteiger partial charge in [-0.15, -0.1) is 0 Å². The molecule has 2 fully saturated rings. The van der Waals surface area contributed by atoms with E-state index in [-0.39, 0.29) is 22.8 Å². The summed E-state index contributed by atoms with van der Waals surface area (Å²) in [6, 6.07) is 0. The Hall–Kier alpha value is -3.82. The number of hydrogen-bond donors (Lipinski definition) is 0. The van der Waals surface area contributed by atoms with Gasteiger partial charge < -0.3 is 28.7 Å². The number of carbonyl (C=O) groups is 2. The van der Waals surface area contributed by atoms with E-state index < -0.39 is 0 Å². The molecule has 0 radical (unpaired) electrons. The Morgan fingerprint density at radius 1 is 0.576 bits per heavy atom. The molecule has 2 heterocycles. The highest BCUT2D eigenvalue weighted by Gasteiger charge is 2.28. The summed E-state index contributed by atoms with van der Waals surface area (Å²) in [6.07, 6.45) is 35.7. The van der Waals surface area contributed by atoms with Gasteiger partial charge >= 0.3 is 11.9 Å². The Kier molecular flexibility index (Phi) is 23.7. The summed E-state index contributed by atoms with van der Waals surface area (Å²) in [5.74, 6) is 0.528. The fourth-order valence-corrected chi connectivity index (χ4v) is 9.88. The van der Waals surface area contributed by atoms with Crippen molar-refractivity contribution >= 4 is 11.9 Å². The molecule has 8 heteroatoms. The largest absolute Gasteiger partial charge is 0.463 e. The van der Waals surface area contributed by atoms with Crippen molar-refractivity contribution < 1.29 is 28.5 Å². The van der Waals surface area contributed by atoms with Crippen LogP contribution in [-0.2, 0) is 28.5 Å². The fourth-order valence-electron chi connectivity index (χ4n) is 9.88. The molecule has 4 aliphatic rings. The van der Waals surface area contributed by atoms with Crippen molar-refractivity contribution in [3.63, 3.8) is 0 Å². The Morgan fingerprint density at radius 3 is 1.38 bits per heavy atom. The van der Waals surface area contributed by atoms with E-state index in [1.165, 1.54) is 72.0 Å². The third kappa shape index (κ3) is 20.6. The normalized spacial score (nSPS) is 22.9. The van der Waals surface area contributed by atoms with Crippen molar-refractivity contribution in [1.82, 2.24) is 9.80 Å². The van der Waals surface area contributed by atoms with Crippen molar-refractivity contribution in [3.05, 3.63) is 117 Å². The molecule has 2 saturated heterocycles. The highest BCUT2D eigenvalue weighted by Crippen LogP contribution is 2.42. The van der Waals surface area contributed by atoms with Gasteiger partial charge in [-0.2, -0.15) is 0 Å². The molecule has 2 aliphatic carbocycles. The molecule has 2 aliphatic heterocycles. The number of carbonyl (C=O) groups excluding carboxylic acids is 2. The second kappa shape index (κ2) is 28.5. The van der Waals surface area contributed by atoms with Crippen LogP contribution in [0.3, 0.4) is 0 Å². The Bertz CT molecular complexity index is 1760. The molecule has 2 atom stereocenters. The van der Waals surface area contributed by atoms with Gasteiger partial charge in [-0.25, -0.2) is 9.59 Å². The van der Waals surface area contributed by atoms with Crippen LogP contribution in [0.5, 0.6) is 0 Å². The van der Waals surface area contributed by atoms with Gasteiger partial charge in [0.1, 0.15) is 0 Å². The van der Waals surface area contributed by atoms with E-state index in [9.17, 15) is 9.59 Å². The van der Waals surface area contributed by atoms with Crippen LogP contribution in [0.1, 0.15) is 133 Å². The second-order valence-electron chi connectivity index (χ2n) is 20.9. The Labute approximate surface area is 401 Å². The minimum atomic E-state index is -0.275. The van der Waals surface area contributed by atoms with Gasteiger partial charge in [0.05, 0.1) is 39.6 Å². The molecule has 0 N–H and O–H groups in total. The maximum atomic E-state index is 12.4. The van der Waals surface area contributed by atoms with Gasteiger partial charge in [0.25, 0.3) is 0 Å². The Morgan fingerprint density at radius 2 is 0.985 bits per heavy atom. The molecule has 0 aromatic carbocycles. The van der Waals surface area contributed by atoms with E-state index in [0.29, 0.717) is 51.5 Å². The van der Waals surface area contributed by atoms with Crippen LogP contribution in [-0.4, -0.2) is 101 Å². The maximum Gasteiger partial charge on any atom is 0.331 e. The number of hydrogen-bond acceptors (Lipinski definition) is 8. The topological polar surface area (TPSA) is 77.5 Å². The van der Waals surface area contributed by atoms with Crippen molar-refractivity contribution in [2.45, 2.75) is 133 Å². The minimum absolute atomic E-state index is 0.237. The summed E-state index contributed by atoms with van der Waals surface area (Å²) in [6.45, 7) is 31.4. The first-order valence-corrected chi connectivity index (χ1v) is 25.3. The number of ether oxygens (including phenoxy) is 4. The third-order valence-electron chi connectivity index (χ3n) is 14.0. The lowest BCUT2D eigenvalue weighted by Crippen LogP contribution is -2.27. The number of nitrogens with zero attached hydrogens (tertiary/aromatic N) is 2. The van der Waals surface area contributed by atoms with E-state index in [2.05, 4.69) is 102 Å². The van der Waals surface area contributed by atoms with E-state index >= 15 is 0 Å². The summed E-state index contributed by atoms with van der Waals surface area (Å²) in [5.41, 5.74) is 10.5. The monoisotopic (exact) mass is 909 g/mol. The molecule has 0 spiro atoms. The highest BCUT2D eigenvalue weighted by atomic mass is 16.5. The van der Waals surface area contributed by atoms with Crippen molar-refractivity contribution in [2.75, 3.05) is 78.9 Å². The van der Waals surface area contributed by atoms with Crippen LogP contribution >= 0.6 is 0 Å². The molecule has 366 valence electrons. The van der Waals surface area contributed by atoms with E-state index in [0.717, 1.165) is 76.1 Å². The average Bonchev–Trinajstić information content (AvgIpc) is 3.90. The molecule has 0 aromatic rings. The summed E-state index contributed by atoms with van der Waals surface area (Å²) >= 11 is 0. The van der Waals surface area contributed by atoms with Gasteiger partial charge in [-0.1, -0.05) is 111 Å². The molecule has 0 amide bonds. The first-order chi connectivity index (χ1) is 31.5. The summed E-state index contributed by atoms with van der Waals surface area (Å²) in [4.78, 5) is 29.8. The zero-order chi connectivity index (χ0) is 48.0. The molecular formula is C58H88N2O6. The quantitative estimate of drug-likeness (QED) is 0.0388. The summed E-state index contributed by atoms with van der Waals surface area (Å²) in [5, 5.41) is 0. The van der Waals surface area contributed by atoms with Crippen LogP contribution in [0, 0.1) is 22.7 Å². The molecular weight excluding hydrogens is 821 g/mol. The van der Waals surface area contributed by atoms with Crippen LogP contribution in [0.4, 0.5) is 0 Å². The Balaban J connectivity index is 0.967. The first kappa shape index (κ1) is 54.8.